The van der Waals surface area contributed by atoms with Gasteiger partial charge in [-0.15, -0.1) is 21.5 Å². The number of rotatable bonds is 12. The number of ether oxygens (including phenoxy) is 2. The molecular weight excluding hydrogens is 599 g/mol. The lowest BCUT2D eigenvalue weighted by atomic mass is 9.95. The Labute approximate surface area is 264 Å². The smallest absolute Gasteiger partial charge is 0.341 e. The van der Waals surface area contributed by atoms with Crippen molar-refractivity contribution in [3.8, 4) is 11.4 Å². The first-order valence-electron chi connectivity index (χ1n) is 14.5. The number of hydrogen-bond acceptors (Lipinski definition) is 9. The number of methoxy groups -OCH3 is 1. The maximum Gasteiger partial charge on any atom is 0.341 e. The minimum atomic E-state index is -0.396. The first-order chi connectivity index (χ1) is 21.4. The third-order valence-corrected chi connectivity index (χ3v) is 9.30. The molecule has 5 rings (SSSR count). The monoisotopic (exact) mass is 633 g/mol. The van der Waals surface area contributed by atoms with Crippen molar-refractivity contribution >= 4 is 45.9 Å². The molecule has 230 valence electrons. The van der Waals surface area contributed by atoms with E-state index in [9.17, 15) is 14.4 Å². The lowest BCUT2D eigenvalue weighted by molar-refractivity contribution is -0.120. The number of fused-ring (bicyclic) bond motifs is 1. The zero-order valence-electron chi connectivity index (χ0n) is 25.0. The predicted molar refractivity (Wildman–Crippen MR) is 171 cm³/mol. The molecule has 10 nitrogen and oxygen atoms in total. The quantitative estimate of drug-likeness (QED) is 0.159. The van der Waals surface area contributed by atoms with Crippen molar-refractivity contribution in [3.63, 3.8) is 0 Å². The van der Waals surface area contributed by atoms with Gasteiger partial charge in [-0.25, -0.2) is 4.79 Å². The molecule has 0 saturated heterocycles. The Morgan fingerprint density at radius 1 is 1.05 bits per heavy atom. The third kappa shape index (κ3) is 7.48. The number of thiophene rings is 1. The minimum Gasteiger partial charge on any atom is -0.497 e. The van der Waals surface area contributed by atoms with Crippen LogP contribution in [0.2, 0.25) is 0 Å². The number of hydrogen-bond donors (Lipinski definition) is 2. The molecule has 2 aromatic heterocycles. The van der Waals surface area contributed by atoms with Crippen molar-refractivity contribution in [1.82, 2.24) is 20.1 Å². The SMILES string of the molecule is CCOC(=O)c1c(NC(=O)CSc2nnc(CNC(=O)Cc3ccc(OC)cc3)n2-c2cccc(C)c2)sc2c1CCCC2. The van der Waals surface area contributed by atoms with E-state index in [1.807, 2.05) is 60.0 Å². The van der Waals surface area contributed by atoms with Crippen LogP contribution in [0.4, 0.5) is 5.00 Å². The molecule has 12 heteroatoms. The van der Waals surface area contributed by atoms with Crippen LogP contribution in [-0.4, -0.2) is 52.0 Å². The van der Waals surface area contributed by atoms with E-state index in [2.05, 4.69) is 20.8 Å². The van der Waals surface area contributed by atoms with Crippen LogP contribution in [0.5, 0.6) is 5.75 Å². The number of amides is 2. The van der Waals surface area contributed by atoms with E-state index in [0.717, 1.165) is 58.7 Å². The Hall–Kier alpha value is -4.16. The van der Waals surface area contributed by atoms with Gasteiger partial charge >= 0.3 is 5.97 Å². The van der Waals surface area contributed by atoms with E-state index in [1.165, 1.54) is 23.1 Å². The van der Waals surface area contributed by atoms with Crippen LogP contribution >= 0.6 is 23.1 Å². The number of carbonyl (C=O) groups excluding carboxylic acids is 3. The Morgan fingerprint density at radius 3 is 2.59 bits per heavy atom. The Balaban J connectivity index is 1.29. The Morgan fingerprint density at radius 2 is 1.84 bits per heavy atom. The molecule has 1 aliphatic rings. The number of esters is 1. The van der Waals surface area contributed by atoms with Crippen molar-refractivity contribution in [3.05, 3.63) is 81.5 Å². The number of nitrogens with one attached hydrogen (secondary N) is 2. The average Bonchev–Trinajstić information content (AvgIpc) is 3.60. The van der Waals surface area contributed by atoms with Crippen molar-refractivity contribution in [1.29, 1.82) is 0 Å². The molecule has 0 aliphatic heterocycles. The molecule has 2 aromatic carbocycles. The molecule has 2 heterocycles. The van der Waals surface area contributed by atoms with Crippen molar-refractivity contribution < 1.29 is 23.9 Å². The average molecular weight is 634 g/mol. The number of aryl methyl sites for hydroxylation is 2. The molecule has 0 spiro atoms. The first-order valence-corrected chi connectivity index (χ1v) is 16.3. The van der Waals surface area contributed by atoms with Gasteiger partial charge in [0.15, 0.2) is 11.0 Å². The van der Waals surface area contributed by atoms with Crippen LogP contribution in [0.3, 0.4) is 0 Å². The van der Waals surface area contributed by atoms with Gasteiger partial charge in [-0.3, -0.25) is 14.2 Å². The molecular formula is C32H35N5O5S2. The topological polar surface area (TPSA) is 124 Å². The van der Waals surface area contributed by atoms with E-state index in [-0.39, 0.29) is 37.1 Å². The minimum absolute atomic E-state index is 0.0542. The lowest BCUT2D eigenvalue weighted by Gasteiger charge is -2.13. The van der Waals surface area contributed by atoms with E-state index in [0.29, 0.717) is 21.5 Å². The normalized spacial score (nSPS) is 12.3. The standard InChI is InChI=1S/C32H35N5O5S2/c1-4-42-31(40)29-24-10-5-6-11-25(24)44-30(29)34-28(39)19-43-32-36-35-26(37(32)22-9-7-8-20(2)16-22)18-33-27(38)17-21-12-14-23(41-3)15-13-21/h7-9,12-16H,4-6,10-11,17-19H2,1-3H3,(H,33,38)(H,34,39). The summed E-state index contributed by atoms with van der Waals surface area (Å²) in [5.74, 6) is 0.516. The van der Waals surface area contributed by atoms with Crippen LogP contribution in [-0.2, 0) is 40.1 Å². The van der Waals surface area contributed by atoms with Crippen molar-refractivity contribution in [2.45, 2.75) is 57.7 Å². The summed E-state index contributed by atoms with van der Waals surface area (Å²) in [6.07, 6.45) is 4.00. The van der Waals surface area contributed by atoms with Crippen LogP contribution in [0.15, 0.2) is 53.7 Å². The second kappa shape index (κ2) is 14.5. The second-order valence-electron chi connectivity index (χ2n) is 10.3. The summed E-state index contributed by atoms with van der Waals surface area (Å²) < 4.78 is 12.4. The molecule has 44 heavy (non-hydrogen) atoms. The molecule has 2 N–H and O–H groups in total. The van der Waals surface area contributed by atoms with Gasteiger partial charge in [0.05, 0.1) is 38.0 Å². The number of benzene rings is 2. The molecule has 0 unspecified atom stereocenters. The van der Waals surface area contributed by atoms with E-state index in [4.69, 9.17) is 9.47 Å². The fourth-order valence-corrected chi connectivity index (χ4v) is 7.13. The number of carbonyl (C=O) groups is 3. The Bertz CT molecular complexity index is 1650. The number of thioether (sulfide) groups is 1. The van der Waals surface area contributed by atoms with Gasteiger partial charge in [0.2, 0.25) is 11.8 Å². The van der Waals surface area contributed by atoms with E-state index >= 15 is 0 Å². The van der Waals surface area contributed by atoms with Gasteiger partial charge in [-0.2, -0.15) is 0 Å². The number of anilines is 1. The van der Waals surface area contributed by atoms with Crippen molar-refractivity contribution in [2.24, 2.45) is 0 Å². The molecule has 1 aliphatic carbocycles. The maximum atomic E-state index is 13.2. The van der Waals surface area contributed by atoms with Gasteiger partial charge < -0.3 is 20.1 Å². The highest BCUT2D eigenvalue weighted by Gasteiger charge is 2.27. The van der Waals surface area contributed by atoms with Crippen LogP contribution in [0, 0.1) is 6.92 Å². The predicted octanol–water partition coefficient (Wildman–Crippen LogP) is 5.29. The second-order valence-corrected chi connectivity index (χ2v) is 12.4. The fourth-order valence-electron chi connectivity index (χ4n) is 5.07. The van der Waals surface area contributed by atoms with Crippen LogP contribution < -0.4 is 15.4 Å². The zero-order valence-corrected chi connectivity index (χ0v) is 26.6. The third-order valence-electron chi connectivity index (χ3n) is 7.16. The van der Waals surface area contributed by atoms with Gasteiger partial charge in [-0.1, -0.05) is 36.0 Å². The molecule has 0 radical (unpaired) electrons. The summed E-state index contributed by atoms with van der Waals surface area (Å²) in [6.45, 7) is 4.20. The number of nitrogens with zero attached hydrogens (tertiary/aromatic N) is 3. The highest BCUT2D eigenvalue weighted by Crippen LogP contribution is 2.38. The molecule has 0 fully saturated rings. The fraction of sp³-hybridized carbons (Fsp3) is 0.344. The van der Waals surface area contributed by atoms with Crippen molar-refractivity contribution in [2.75, 3.05) is 24.8 Å². The van der Waals surface area contributed by atoms with Crippen LogP contribution in [0.25, 0.3) is 5.69 Å². The van der Waals surface area contributed by atoms with E-state index in [1.54, 1.807) is 14.0 Å². The summed E-state index contributed by atoms with van der Waals surface area (Å²) in [5, 5.41) is 15.7. The molecule has 0 saturated carbocycles. The summed E-state index contributed by atoms with van der Waals surface area (Å²) in [5.41, 5.74) is 4.23. The maximum absolute atomic E-state index is 13.2. The number of aromatic nitrogens is 3. The van der Waals surface area contributed by atoms with Gasteiger partial charge in [0.25, 0.3) is 0 Å². The largest absolute Gasteiger partial charge is 0.497 e. The van der Waals surface area contributed by atoms with Gasteiger partial charge in [-0.05, 0) is 80.5 Å². The highest BCUT2D eigenvalue weighted by atomic mass is 32.2. The molecule has 4 aromatic rings. The summed E-state index contributed by atoms with van der Waals surface area (Å²) in [7, 11) is 1.60. The van der Waals surface area contributed by atoms with Gasteiger partial charge in [0, 0.05) is 10.6 Å². The lowest BCUT2D eigenvalue weighted by Crippen LogP contribution is -2.26. The molecule has 2 amide bonds. The first kappa shape index (κ1) is 31.3. The van der Waals surface area contributed by atoms with E-state index < -0.39 is 5.97 Å². The highest BCUT2D eigenvalue weighted by molar-refractivity contribution is 7.99. The Kier molecular flexibility index (Phi) is 10.3. The summed E-state index contributed by atoms with van der Waals surface area (Å²) >= 11 is 2.70. The van der Waals surface area contributed by atoms with Gasteiger partial charge in [0.1, 0.15) is 10.8 Å². The molecule has 0 atom stereocenters. The van der Waals surface area contributed by atoms with Crippen LogP contribution in [0.1, 0.15) is 57.5 Å². The zero-order chi connectivity index (χ0) is 31.1. The summed E-state index contributed by atoms with van der Waals surface area (Å²) in [4.78, 5) is 39.8. The summed E-state index contributed by atoms with van der Waals surface area (Å²) in [6, 6.07) is 15.2. The molecule has 0 bridgehead atoms.